The summed E-state index contributed by atoms with van der Waals surface area (Å²) in [5.41, 5.74) is -0.829. The minimum absolute atomic E-state index is 0.00654. The van der Waals surface area contributed by atoms with Gasteiger partial charge in [0.2, 0.25) is 0 Å². The Kier molecular flexibility index (Phi) is 2.53. The highest BCUT2D eigenvalue weighted by molar-refractivity contribution is 5.77. The predicted octanol–water partition coefficient (Wildman–Crippen LogP) is 2.21. The lowest BCUT2D eigenvalue weighted by molar-refractivity contribution is -0.144. The van der Waals surface area contributed by atoms with E-state index in [1.165, 1.54) is 6.07 Å². The van der Waals surface area contributed by atoms with Crippen molar-refractivity contribution in [2.45, 2.75) is 12.8 Å². The summed E-state index contributed by atoms with van der Waals surface area (Å²) in [7, 11) is 0. The van der Waals surface area contributed by atoms with Crippen molar-refractivity contribution >= 4 is 5.97 Å². The molecule has 2 rings (SSSR count). The molecule has 0 aromatic heterocycles. The molecule has 3 nitrogen and oxygen atoms in total. The van der Waals surface area contributed by atoms with E-state index in [1.54, 1.807) is 0 Å². The number of hydrogen-bond acceptors (Lipinski definition) is 2. The third-order valence-electron chi connectivity index (χ3n) is 2.71. The van der Waals surface area contributed by atoms with Crippen LogP contribution < -0.4 is 4.74 Å². The van der Waals surface area contributed by atoms with Crippen LogP contribution in [0.3, 0.4) is 0 Å². The van der Waals surface area contributed by atoms with Crippen LogP contribution >= 0.6 is 0 Å². The molecule has 1 aromatic carbocycles. The lowest BCUT2D eigenvalue weighted by Gasteiger charge is -2.11. The lowest BCUT2D eigenvalue weighted by Crippen LogP contribution is -2.22. The Hall–Kier alpha value is -1.65. The average Bonchev–Trinajstić information content (AvgIpc) is 3.01. The van der Waals surface area contributed by atoms with Gasteiger partial charge in [0.05, 0.1) is 0 Å². The van der Waals surface area contributed by atoms with Crippen LogP contribution in [0.1, 0.15) is 12.8 Å². The fourth-order valence-electron chi connectivity index (χ4n) is 1.36. The third kappa shape index (κ3) is 1.98. The van der Waals surface area contributed by atoms with Gasteiger partial charge in [-0.2, -0.15) is 0 Å². The maximum absolute atomic E-state index is 12.8. The zero-order chi connectivity index (χ0) is 11.8. The predicted molar refractivity (Wildman–Crippen MR) is 51.2 cm³/mol. The van der Waals surface area contributed by atoms with Crippen LogP contribution in [0.4, 0.5) is 8.78 Å². The second-order valence-corrected chi connectivity index (χ2v) is 3.95. The van der Waals surface area contributed by atoms with E-state index in [1.807, 2.05) is 0 Å². The third-order valence-corrected chi connectivity index (χ3v) is 2.71. The molecule has 1 saturated carbocycles. The Morgan fingerprint density at radius 2 is 2.06 bits per heavy atom. The van der Waals surface area contributed by atoms with Crippen molar-refractivity contribution in [2.75, 3.05) is 6.61 Å². The quantitative estimate of drug-likeness (QED) is 0.859. The molecule has 1 aliphatic rings. The second-order valence-electron chi connectivity index (χ2n) is 3.95. The molecule has 16 heavy (non-hydrogen) atoms. The first-order valence-electron chi connectivity index (χ1n) is 4.85. The minimum Gasteiger partial charge on any atom is -0.492 e. The van der Waals surface area contributed by atoms with Gasteiger partial charge >= 0.3 is 5.97 Å². The summed E-state index contributed by atoms with van der Waals surface area (Å²) in [6.07, 6.45) is 1.12. The molecule has 0 amide bonds. The first-order valence-corrected chi connectivity index (χ1v) is 4.85. The number of rotatable bonds is 4. The summed E-state index contributed by atoms with van der Waals surface area (Å²) < 4.78 is 30.5. The fraction of sp³-hybridized carbons (Fsp3) is 0.364. The molecular formula is C11H10F2O3. The number of benzene rings is 1. The lowest BCUT2D eigenvalue weighted by atomic mass is 10.1. The molecule has 86 valence electrons. The maximum atomic E-state index is 12.8. The van der Waals surface area contributed by atoms with Gasteiger partial charge in [0, 0.05) is 6.07 Å². The van der Waals surface area contributed by atoms with Gasteiger partial charge in [0.25, 0.3) is 0 Å². The fourth-order valence-corrected chi connectivity index (χ4v) is 1.36. The average molecular weight is 228 g/mol. The van der Waals surface area contributed by atoms with Crippen LogP contribution in [0, 0.1) is 17.0 Å². The summed E-state index contributed by atoms with van der Waals surface area (Å²) in [6.45, 7) is -0.00654. The highest BCUT2D eigenvalue weighted by atomic mass is 19.2. The highest BCUT2D eigenvalue weighted by Gasteiger charge is 2.51. The van der Waals surface area contributed by atoms with Crippen LogP contribution in [0.5, 0.6) is 5.75 Å². The number of hydrogen-bond donors (Lipinski definition) is 1. The van der Waals surface area contributed by atoms with Gasteiger partial charge in [-0.1, -0.05) is 0 Å². The van der Waals surface area contributed by atoms with Gasteiger partial charge < -0.3 is 9.84 Å². The number of carbonyl (C=O) groups is 1. The Morgan fingerprint density at radius 1 is 1.38 bits per heavy atom. The van der Waals surface area contributed by atoms with Gasteiger partial charge in [0.1, 0.15) is 17.8 Å². The van der Waals surface area contributed by atoms with E-state index in [-0.39, 0.29) is 12.4 Å². The van der Waals surface area contributed by atoms with Crippen molar-refractivity contribution in [3.05, 3.63) is 29.8 Å². The normalized spacial score (nSPS) is 16.9. The molecule has 1 N–H and O–H groups in total. The topological polar surface area (TPSA) is 46.5 Å². The first kappa shape index (κ1) is 10.9. The monoisotopic (exact) mass is 228 g/mol. The van der Waals surface area contributed by atoms with Crippen LogP contribution in [0.25, 0.3) is 0 Å². The van der Waals surface area contributed by atoms with Crippen molar-refractivity contribution in [1.29, 1.82) is 0 Å². The molecule has 1 fully saturated rings. The number of carboxylic acids is 1. The molecule has 1 aromatic rings. The SMILES string of the molecule is O=C(O)C1(COc2ccc(F)c(F)c2)CC1. The van der Waals surface area contributed by atoms with E-state index in [0.717, 1.165) is 12.1 Å². The van der Waals surface area contributed by atoms with Crippen LogP contribution in [-0.4, -0.2) is 17.7 Å². The van der Waals surface area contributed by atoms with E-state index in [4.69, 9.17) is 9.84 Å². The Bertz CT molecular complexity index is 427. The Labute approximate surface area is 90.7 Å². The molecule has 0 spiro atoms. The Morgan fingerprint density at radius 3 is 2.56 bits per heavy atom. The van der Waals surface area contributed by atoms with Crippen LogP contribution in [-0.2, 0) is 4.79 Å². The molecular weight excluding hydrogens is 218 g/mol. The molecule has 0 heterocycles. The largest absolute Gasteiger partial charge is 0.492 e. The molecule has 0 bridgehead atoms. The number of carboxylic acid groups (broad SMARTS) is 1. The second kappa shape index (κ2) is 3.73. The first-order chi connectivity index (χ1) is 7.53. The highest BCUT2D eigenvalue weighted by Crippen LogP contribution is 2.46. The van der Waals surface area contributed by atoms with E-state index < -0.39 is 23.0 Å². The standard InChI is InChI=1S/C11H10F2O3/c12-8-2-1-7(5-9(8)13)16-6-11(3-4-11)10(14)15/h1-2,5H,3-4,6H2,(H,14,15). The zero-order valence-corrected chi connectivity index (χ0v) is 8.37. The summed E-state index contributed by atoms with van der Waals surface area (Å²) >= 11 is 0. The summed E-state index contributed by atoms with van der Waals surface area (Å²) in [5.74, 6) is -2.72. The van der Waals surface area contributed by atoms with Crippen molar-refractivity contribution in [3.8, 4) is 5.75 Å². The van der Waals surface area contributed by atoms with Crippen molar-refractivity contribution in [2.24, 2.45) is 5.41 Å². The molecule has 5 heteroatoms. The summed E-state index contributed by atoms with van der Waals surface area (Å²) in [4.78, 5) is 10.8. The van der Waals surface area contributed by atoms with Crippen LogP contribution in [0.2, 0.25) is 0 Å². The summed E-state index contributed by atoms with van der Waals surface area (Å²) in [6, 6.07) is 3.13. The molecule has 0 atom stereocenters. The number of aliphatic carboxylic acids is 1. The number of ether oxygens (including phenoxy) is 1. The van der Waals surface area contributed by atoms with Gasteiger partial charge in [-0.05, 0) is 25.0 Å². The van der Waals surface area contributed by atoms with E-state index in [0.29, 0.717) is 12.8 Å². The van der Waals surface area contributed by atoms with Gasteiger partial charge in [-0.3, -0.25) is 4.79 Å². The van der Waals surface area contributed by atoms with Gasteiger partial charge in [-0.15, -0.1) is 0 Å². The molecule has 1 aliphatic carbocycles. The zero-order valence-electron chi connectivity index (χ0n) is 8.37. The molecule has 0 saturated heterocycles. The van der Waals surface area contributed by atoms with E-state index >= 15 is 0 Å². The minimum atomic E-state index is -1.00. The Balaban J connectivity index is 2.00. The van der Waals surface area contributed by atoms with Crippen LogP contribution in [0.15, 0.2) is 18.2 Å². The smallest absolute Gasteiger partial charge is 0.313 e. The van der Waals surface area contributed by atoms with Gasteiger partial charge in [-0.25, -0.2) is 8.78 Å². The number of halogens is 2. The van der Waals surface area contributed by atoms with Crippen molar-refractivity contribution in [3.63, 3.8) is 0 Å². The van der Waals surface area contributed by atoms with E-state index in [9.17, 15) is 13.6 Å². The maximum Gasteiger partial charge on any atom is 0.313 e. The molecule has 0 radical (unpaired) electrons. The summed E-state index contributed by atoms with van der Waals surface area (Å²) in [5, 5.41) is 8.87. The molecule has 0 aliphatic heterocycles. The van der Waals surface area contributed by atoms with Crippen molar-refractivity contribution in [1.82, 2.24) is 0 Å². The van der Waals surface area contributed by atoms with Gasteiger partial charge in [0.15, 0.2) is 11.6 Å². The molecule has 0 unspecified atom stereocenters. The van der Waals surface area contributed by atoms with E-state index in [2.05, 4.69) is 0 Å². The van der Waals surface area contributed by atoms with Crippen molar-refractivity contribution < 1.29 is 23.4 Å².